The van der Waals surface area contributed by atoms with E-state index >= 15 is 0 Å². The number of carbonyl (C=O) groups is 1. The van der Waals surface area contributed by atoms with Gasteiger partial charge in [-0.3, -0.25) is 4.79 Å². The van der Waals surface area contributed by atoms with Crippen LogP contribution >= 0.6 is 0 Å². The zero-order chi connectivity index (χ0) is 12.8. The van der Waals surface area contributed by atoms with Gasteiger partial charge in [0.25, 0.3) is 0 Å². The van der Waals surface area contributed by atoms with Crippen molar-refractivity contribution in [3.05, 3.63) is 23.3 Å². The molecule has 0 spiro atoms. The summed E-state index contributed by atoms with van der Waals surface area (Å²) in [5, 5.41) is 8.51. The summed E-state index contributed by atoms with van der Waals surface area (Å²) >= 11 is 0. The van der Waals surface area contributed by atoms with Crippen LogP contribution in [0.4, 0.5) is 0 Å². The number of methoxy groups -OCH3 is 1. The van der Waals surface area contributed by atoms with E-state index in [0.717, 1.165) is 11.1 Å². The molecule has 0 saturated carbocycles. The molecule has 0 aliphatic heterocycles. The van der Waals surface area contributed by atoms with E-state index in [-0.39, 0.29) is 36.0 Å². The molecule has 0 heterocycles. The Labute approximate surface area is 130 Å². The van der Waals surface area contributed by atoms with Crippen LogP contribution in [0.1, 0.15) is 24.0 Å². The Morgan fingerprint density at radius 1 is 1.22 bits per heavy atom. The minimum Gasteiger partial charge on any atom is -0.493 e. The third kappa shape index (κ3) is 5.29. The molecule has 0 aliphatic rings. The van der Waals surface area contributed by atoms with Gasteiger partial charge in [0.1, 0.15) is 0 Å². The summed E-state index contributed by atoms with van der Waals surface area (Å²) in [5.74, 6) is 0.546. The zero-order valence-electron chi connectivity index (χ0n) is 11.4. The van der Waals surface area contributed by atoms with Crippen molar-refractivity contribution in [1.29, 1.82) is 0 Å². The summed E-state index contributed by atoms with van der Waals surface area (Å²) < 4.78 is 10.7. The molecular formula is C13H18NaO4+. The second-order valence-corrected chi connectivity index (χ2v) is 3.93. The van der Waals surface area contributed by atoms with E-state index in [1.807, 2.05) is 26.0 Å². The predicted molar refractivity (Wildman–Crippen MR) is 64.8 cm³/mol. The Hall–Kier alpha value is -0.710. The summed E-state index contributed by atoms with van der Waals surface area (Å²) in [6, 6.07) is 3.83. The first-order chi connectivity index (χ1) is 8.04. The van der Waals surface area contributed by atoms with Gasteiger partial charge < -0.3 is 14.6 Å². The molecule has 0 fully saturated rings. The second kappa shape index (κ2) is 8.40. The first-order valence-electron chi connectivity index (χ1n) is 5.54. The van der Waals surface area contributed by atoms with Gasteiger partial charge in [-0.15, -0.1) is 0 Å². The summed E-state index contributed by atoms with van der Waals surface area (Å²) in [7, 11) is 1.59. The van der Waals surface area contributed by atoms with Gasteiger partial charge in [0.05, 0.1) is 13.7 Å². The number of carboxylic acids is 1. The molecule has 0 aliphatic carbocycles. The molecule has 1 rings (SSSR count). The number of hydrogen-bond donors (Lipinski definition) is 1. The Bertz CT molecular complexity index is 404. The maximum absolute atomic E-state index is 10.4. The van der Waals surface area contributed by atoms with Crippen molar-refractivity contribution in [3.8, 4) is 11.5 Å². The number of rotatable bonds is 6. The molecule has 0 atom stereocenters. The normalized spacial score (nSPS) is 9.50. The van der Waals surface area contributed by atoms with Crippen molar-refractivity contribution in [3.63, 3.8) is 0 Å². The topological polar surface area (TPSA) is 55.8 Å². The van der Waals surface area contributed by atoms with Crippen molar-refractivity contribution in [2.24, 2.45) is 0 Å². The van der Waals surface area contributed by atoms with E-state index in [1.54, 1.807) is 7.11 Å². The number of carboxylic acid groups (broad SMARTS) is 1. The van der Waals surface area contributed by atoms with Crippen LogP contribution in [0.15, 0.2) is 12.1 Å². The fraction of sp³-hybridized carbons (Fsp3) is 0.462. The molecule has 1 aromatic carbocycles. The van der Waals surface area contributed by atoms with Crippen molar-refractivity contribution in [2.75, 3.05) is 13.7 Å². The van der Waals surface area contributed by atoms with Gasteiger partial charge in [0.2, 0.25) is 0 Å². The number of ether oxygens (including phenoxy) is 2. The zero-order valence-corrected chi connectivity index (χ0v) is 13.4. The smallest absolute Gasteiger partial charge is 0.493 e. The van der Waals surface area contributed by atoms with E-state index in [2.05, 4.69) is 0 Å². The van der Waals surface area contributed by atoms with Crippen molar-refractivity contribution >= 4 is 5.97 Å². The Kier molecular flexibility index (Phi) is 8.07. The molecule has 18 heavy (non-hydrogen) atoms. The molecule has 0 bridgehead atoms. The Morgan fingerprint density at radius 2 is 1.78 bits per heavy atom. The molecule has 1 N–H and O–H groups in total. The number of aryl methyl sites for hydroxylation is 2. The van der Waals surface area contributed by atoms with E-state index in [0.29, 0.717) is 24.5 Å². The first-order valence-corrected chi connectivity index (χ1v) is 5.54. The standard InChI is InChI=1S/C13H18O4.Na/c1-9-7-11(16-3)12(8-10(9)2)17-6-4-5-13(14)15;/h7-8H,4-6H2,1-3H3,(H,14,15);/q;+1. The van der Waals surface area contributed by atoms with E-state index < -0.39 is 5.97 Å². The fourth-order valence-corrected chi connectivity index (χ4v) is 1.44. The predicted octanol–water partition coefficient (Wildman–Crippen LogP) is -0.440. The van der Waals surface area contributed by atoms with Crippen LogP contribution in [0.2, 0.25) is 0 Å². The van der Waals surface area contributed by atoms with Gasteiger partial charge in [0, 0.05) is 6.42 Å². The molecule has 0 radical (unpaired) electrons. The van der Waals surface area contributed by atoms with Gasteiger partial charge in [-0.1, -0.05) is 0 Å². The molecular weight excluding hydrogens is 243 g/mol. The monoisotopic (exact) mass is 261 g/mol. The SMILES string of the molecule is COc1cc(C)c(C)cc1OCCCC(=O)O.[Na+]. The Morgan fingerprint density at radius 3 is 2.28 bits per heavy atom. The minimum atomic E-state index is -0.805. The fourth-order valence-electron chi connectivity index (χ4n) is 1.44. The summed E-state index contributed by atoms with van der Waals surface area (Å²) in [4.78, 5) is 10.4. The molecule has 0 unspecified atom stereocenters. The number of hydrogen-bond acceptors (Lipinski definition) is 3. The van der Waals surface area contributed by atoms with Crippen LogP contribution in [0, 0.1) is 13.8 Å². The molecule has 0 amide bonds. The first kappa shape index (κ1) is 17.3. The largest absolute Gasteiger partial charge is 1.00 e. The summed E-state index contributed by atoms with van der Waals surface area (Å²) in [6.45, 7) is 4.39. The van der Waals surface area contributed by atoms with Gasteiger partial charge in [-0.25, -0.2) is 0 Å². The third-order valence-electron chi connectivity index (χ3n) is 2.57. The molecule has 4 nitrogen and oxygen atoms in total. The summed E-state index contributed by atoms with van der Waals surface area (Å²) in [6.07, 6.45) is 0.610. The molecule has 0 saturated heterocycles. The van der Waals surface area contributed by atoms with Gasteiger partial charge in [0.15, 0.2) is 11.5 Å². The molecule has 5 heteroatoms. The molecule has 1 aromatic rings. The van der Waals surface area contributed by atoms with E-state index in [9.17, 15) is 4.79 Å². The van der Waals surface area contributed by atoms with Crippen LogP contribution < -0.4 is 39.0 Å². The number of benzene rings is 1. The third-order valence-corrected chi connectivity index (χ3v) is 2.57. The van der Waals surface area contributed by atoms with Crippen molar-refractivity contribution in [2.45, 2.75) is 26.7 Å². The molecule has 0 aromatic heterocycles. The van der Waals surface area contributed by atoms with Crippen LogP contribution in [0.5, 0.6) is 11.5 Å². The van der Waals surface area contributed by atoms with Crippen molar-refractivity contribution in [1.82, 2.24) is 0 Å². The second-order valence-electron chi connectivity index (χ2n) is 3.93. The van der Waals surface area contributed by atoms with Crippen LogP contribution in [-0.4, -0.2) is 24.8 Å². The van der Waals surface area contributed by atoms with Gasteiger partial charge in [-0.2, -0.15) is 0 Å². The minimum absolute atomic E-state index is 0. The van der Waals surface area contributed by atoms with E-state index in [4.69, 9.17) is 14.6 Å². The maximum Gasteiger partial charge on any atom is 1.00 e. The van der Waals surface area contributed by atoms with Crippen LogP contribution in [0.3, 0.4) is 0 Å². The number of aliphatic carboxylic acids is 1. The van der Waals surface area contributed by atoms with Gasteiger partial charge >= 0.3 is 35.5 Å². The van der Waals surface area contributed by atoms with E-state index in [1.165, 1.54) is 0 Å². The average Bonchev–Trinajstić information content (AvgIpc) is 2.28. The molecule has 94 valence electrons. The summed E-state index contributed by atoms with van der Waals surface area (Å²) in [5.41, 5.74) is 2.26. The maximum atomic E-state index is 10.4. The van der Waals surface area contributed by atoms with Crippen molar-refractivity contribution < 1.29 is 48.9 Å². The van der Waals surface area contributed by atoms with Gasteiger partial charge in [-0.05, 0) is 43.5 Å². The quantitative estimate of drug-likeness (QED) is 0.557. The average molecular weight is 261 g/mol. The Balaban J connectivity index is 0.00000289. The van der Waals surface area contributed by atoms with Crippen LogP contribution in [0.25, 0.3) is 0 Å². The van der Waals surface area contributed by atoms with Crippen LogP contribution in [-0.2, 0) is 4.79 Å².